The number of rotatable bonds is 8. The Morgan fingerprint density at radius 1 is 1.23 bits per heavy atom. The van der Waals surface area contributed by atoms with Gasteiger partial charge in [-0.05, 0) is 31.2 Å². The maximum Gasteiger partial charge on any atom is 0.312 e. The fourth-order valence-electron chi connectivity index (χ4n) is 3.16. The van der Waals surface area contributed by atoms with E-state index in [2.05, 4.69) is 5.32 Å². The number of benzene rings is 1. The molecule has 1 aliphatic heterocycles. The standard InChI is InChI=1S/C21H24N2O7/c1-13(20(25)22-15-6-7-17(27-2)18(10-15)28-3)30-21(26)14-9-19(24)23(11-14)12-16-5-4-8-29-16/h4-8,10,13-14H,9,11-12H2,1-3H3,(H,22,25)/t13-,14-/m0/s1. The summed E-state index contributed by atoms with van der Waals surface area (Å²) in [5.74, 6) is -0.228. The van der Waals surface area contributed by atoms with E-state index >= 15 is 0 Å². The van der Waals surface area contributed by atoms with Crippen LogP contribution in [0.2, 0.25) is 0 Å². The van der Waals surface area contributed by atoms with Crippen molar-refractivity contribution in [3.05, 3.63) is 42.4 Å². The Morgan fingerprint density at radius 2 is 2.00 bits per heavy atom. The summed E-state index contributed by atoms with van der Waals surface area (Å²) in [4.78, 5) is 38.6. The van der Waals surface area contributed by atoms with Crippen molar-refractivity contribution in [2.75, 3.05) is 26.1 Å². The van der Waals surface area contributed by atoms with Gasteiger partial charge in [0, 0.05) is 24.7 Å². The molecule has 1 fully saturated rings. The van der Waals surface area contributed by atoms with Crippen molar-refractivity contribution in [1.82, 2.24) is 4.90 Å². The van der Waals surface area contributed by atoms with Crippen molar-refractivity contribution in [2.45, 2.75) is 26.0 Å². The third-order valence-electron chi connectivity index (χ3n) is 4.79. The summed E-state index contributed by atoms with van der Waals surface area (Å²) in [6.45, 7) is 2.00. The van der Waals surface area contributed by atoms with Gasteiger partial charge in [0.25, 0.3) is 5.91 Å². The number of likely N-dealkylation sites (tertiary alicyclic amines) is 1. The van der Waals surface area contributed by atoms with Crippen LogP contribution in [0.4, 0.5) is 5.69 Å². The summed E-state index contributed by atoms with van der Waals surface area (Å²) in [6, 6.07) is 8.41. The van der Waals surface area contributed by atoms with Crippen LogP contribution in [0.15, 0.2) is 41.0 Å². The zero-order valence-corrected chi connectivity index (χ0v) is 17.0. The number of amides is 2. The summed E-state index contributed by atoms with van der Waals surface area (Å²) in [7, 11) is 3.01. The molecule has 2 atom stereocenters. The Bertz CT molecular complexity index is 910. The molecule has 0 saturated carbocycles. The zero-order valence-electron chi connectivity index (χ0n) is 17.0. The van der Waals surface area contributed by atoms with E-state index in [1.54, 1.807) is 35.2 Å². The van der Waals surface area contributed by atoms with Crippen LogP contribution in [0.5, 0.6) is 11.5 Å². The molecule has 3 rings (SSSR count). The van der Waals surface area contributed by atoms with Crippen molar-refractivity contribution >= 4 is 23.5 Å². The molecule has 1 aliphatic rings. The van der Waals surface area contributed by atoms with Gasteiger partial charge in [-0.25, -0.2) is 0 Å². The number of carbonyl (C=O) groups is 3. The summed E-state index contributed by atoms with van der Waals surface area (Å²) in [5, 5.41) is 2.67. The minimum absolute atomic E-state index is 0.0452. The van der Waals surface area contributed by atoms with E-state index in [4.69, 9.17) is 18.6 Å². The molecule has 0 aliphatic carbocycles. The van der Waals surface area contributed by atoms with Crippen molar-refractivity contribution < 1.29 is 33.0 Å². The van der Waals surface area contributed by atoms with Crippen molar-refractivity contribution in [2.24, 2.45) is 5.92 Å². The molecule has 0 bridgehead atoms. The summed E-state index contributed by atoms with van der Waals surface area (Å²) < 4.78 is 20.9. The number of ether oxygens (including phenoxy) is 3. The Morgan fingerprint density at radius 3 is 2.67 bits per heavy atom. The number of carbonyl (C=O) groups excluding carboxylic acids is 3. The van der Waals surface area contributed by atoms with E-state index in [9.17, 15) is 14.4 Å². The highest BCUT2D eigenvalue weighted by molar-refractivity contribution is 5.96. The molecule has 2 aromatic rings. The highest BCUT2D eigenvalue weighted by Crippen LogP contribution is 2.30. The Labute approximate surface area is 173 Å². The van der Waals surface area contributed by atoms with E-state index in [0.717, 1.165) is 0 Å². The van der Waals surface area contributed by atoms with Gasteiger partial charge < -0.3 is 28.8 Å². The third kappa shape index (κ3) is 4.91. The van der Waals surface area contributed by atoms with Gasteiger partial charge in [-0.1, -0.05) is 0 Å². The monoisotopic (exact) mass is 416 g/mol. The maximum atomic E-state index is 12.4. The van der Waals surface area contributed by atoms with Gasteiger partial charge in [0.15, 0.2) is 17.6 Å². The molecular weight excluding hydrogens is 392 g/mol. The van der Waals surface area contributed by atoms with E-state index in [1.807, 2.05) is 0 Å². The summed E-state index contributed by atoms with van der Waals surface area (Å²) in [6.07, 6.45) is 0.545. The fourth-order valence-corrected chi connectivity index (χ4v) is 3.16. The molecule has 1 saturated heterocycles. The molecule has 1 N–H and O–H groups in total. The molecule has 1 aromatic heterocycles. The Kier molecular flexibility index (Phi) is 6.61. The van der Waals surface area contributed by atoms with Crippen LogP contribution >= 0.6 is 0 Å². The molecule has 2 heterocycles. The second kappa shape index (κ2) is 9.34. The number of nitrogens with zero attached hydrogens (tertiary/aromatic N) is 1. The van der Waals surface area contributed by atoms with Crippen LogP contribution in [-0.4, -0.2) is 49.6 Å². The lowest BCUT2D eigenvalue weighted by Crippen LogP contribution is -2.33. The number of anilines is 1. The highest BCUT2D eigenvalue weighted by atomic mass is 16.5. The quantitative estimate of drug-likeness (QED) is 0.658. The summed E-state index contributed by atoms with van der Waals surface area (Å²) >= 11 is 0. The van der Waals surface area contributed by atoms with Gasteiger partial charge in [-0.3, -0.25) is 14.4 Å². The predicted molar refractivity (Wildman–Crippen MR) is 106 cm³/mol. The average Bonchev–Trinajstić information content (AvgIpc) is 3.38. The number of nitrogens with one attached hydrogen (secondary N) is 1. The van der Waals surface area contributed by atoms with Crippen LogP contribution in [0.3, 0.4) is 0 Å². The van der Waals surface area contributed by atoms with Crippen molar-refractivity contribution in [3.8, 4) is 11.5 Å². The lowest BCUT2D eigenvalue weighted by Gasteiger charge is -2.17. The van der Waals surface area contributed by atoms with Gasteiger partial charge in [0.1, 0.15) is 5.76 Å². The first-order valence-corrected chi connectivity index (χ1v) is 9.44. The van der Waals surface area contributed by atoms with E-state index < -0.39 is 23.9 Å². The lowest BCUT2D eigenvalue weighted by atomic mass is 10.1. The van der Waals surface area contributed by atoms with Crippen LogP contribution in [0.25, 0.3) is 0 Å². The third-order valence-corrected chi connectivity index (χ3v) is 4.79. The lowest BCUT2D eigenvalue weighted by molar-refractivity contribution is -0.157. The number of hydrogen-bond acceptors (Lipinski definition) is 7. The molecular formula is C21H24N2O7. The van der Waals surface area contributed by atoms with Gasteiger partial charge >= 0.3 is 5.97 Å². The van der Waals surface area contributed by atoms with Crippen LogP contribution in [-0.2, 0) is 25.7 Å². The van der Waals surface area contributed by atoms with Crippen molar-refractivity contribution in [3.63, 3.8) is 0 Å². The molecule has 0 radical (unpaired) electrons. The van der Waals surface area contributed by atoms with Gasteiger partial charge in [-0.2, -0.15) is 0 Å². The smallest absolute Gasteiger partial charge is 0.312 e. The number of esters is 1. The van der Waals surface area contributed by atoms with Gasteiger partial charge in [0.05, 0.1) is 32.9 Å². The number of hydrogen-bond donors (Lipinski definition) is 1. The molecule has 9 nitrogen and oxygen atoms in total. The predicted octanol–water partition coefficient (Wildman–Crippen LogP) is 2.22. The van der Waals surface area contributed by atoms with Crippen LogP contribution in [0.1, 0.15) is 19.1 Å². The molecule has 0 unspecified atom stereocenters. The first-order chi connectivity index (χ1) is 14.4. The molecule has 160 valence electrons. The molecule has 0 spiro atoms. The second-order valence-electron chi connectivity index (χ2n) is 6.89. The van der Waals surface area contributed by atoms with Crippen molar-refractivity contribution in [1.29, 1.82) is 0 Å². The SMILES string of the molecule is COc1ccc(NC(=O)[C@H](C)OC(=O)[C@H]2CC(=O)N(Cc3ccco3)C2)cc1OC. The normalized spacial score (nSPS) is 16.8. The molecule has 9 heteroatoms. The van der Waals surface area contributed by atoms with E-state index in [1.165, 1.54) is 27.4 Å². The van der Waals surface area contributed by atoms with E-state index in [-0.39, 0.29) is 18.9 Å². The highest BCUT2D eigenvalue weighted by Gasteiger charge is 2.36. The fraction of sp³-hybridized carbons (Fsp3) is 0.381. The largest absolute Gasteiger partial charge is 0.493 e. The second-order valence-corrected chi connectivity index (χ2v) is 6.89. The van der Waals surface area contributed by atoms with Crippen LogP contribution < -0.4 is 14.8 Å². The zero-order chi connectivity index (χ0) is 21.7. The molecule has 1 aromatic carbocycles. The minimum atomic E-state index is -1.03. The first kappa shape index (κ1) is 21.2. The van der Waals surface area contributed by atoms with E-state index in [0.29, 0.717) is 29.5 Å². The van der Waals surface area contributed by atoms with Crippen LogP contribution in [0, 0.1) is 5.92 Å². The molecule has 2 amide bonds. The van der Waals surface area contributed by atoms with Gasteiger partial charge in [-0.15, -0.1) is 0 Å². The topological polar surface area (TPSA) is 107 Å². The molecule has 30 heavy (non-hydrogen) atoms. The maximum absolute atomic E-state index is 12.4. The minimum Gasteiger partial charge on any atom is -0.493 e. The number of furan rings is 1. The Hall–Kier alpha value is -3.49. The Balaban J connectivity index is 1.53. The average molecular weight is 416 g/mol. The van der Waals surface area contributed by atoms with Gasteiger partial charge in [0.2, 0.25) is 5.91 Å². The number of methoxy groups -OCH3 is 2. The summed E-state index contributed by atoms with van der Waals surface area (Å²) in [5.41, 5.74) is 0.473. The first-order valence-electron chi connectivity index (χ1n) is 9.44.